The molecule has 12 heteroatoms. The van der Waals surface area contributed by atoms with Gasteiger partial charge in [-0.25, -0.2) is 5.43 Å². The second-order valence-electron chi connectivity index (χ2n) is 13.6. The molecule has 1 aromatic rings. The van der Waals surface area contributed by atoms with Crippen LogP contribution in [0.5, 0.6) is 5.75 Å². The molecule has 1 fully saturated rings. The first-order valence-electron chi connectivity index (χ1n) is 17.1. The molecule has 1 heterocycles. The highest BCUT2D eigenvalue weighted by atomic mass is 16.4. The van der Waals surface area contributed by atoms with Crippen LogP contribution < -0.4 is 16.1 Å². The van der Waals surface area contributed by atoms with Crippen LogP contribution in [0.15, 0.2) is 60.2 Å². The summed E-state index contributed by atoms with van der Waals surface area (Å²) in [7, 11) is 0. The van der Waals surface area contributed by atoms with Crippen molar-refractivity contribution in [3.8, 4) is 5.75 Å². The zero-order valence-corrected chi connectivity index (χ0v) is 29.6. The van der Waals surface area contributed by atoms with Crippen molar-refractivity contribution < 1.29 is 39.6 Å². The molecule has 6 unspecified atom stereocenters. The minimum atomic E-state index is -1.20. The number of nitrogens with zero attached hydrogens (tertiary/aromatic N) is 1. The van der Waals surface area contributed by atoms with E-state index < -0.39 is 65.9 Å². The number of carboxylic acids is 1. The number of phenolic OH excluding ortho intramolecular Hbond substituents is 1. The van der Waals surface area contributed by atoms with Gasteiger partial charge in [0.05, 0.1) is 18.6 Å². The molecule has 49 heavy (non-hydrogen) atoms. The molecule has 3 amide bonds. The fourth-order valence-corrected chi connectivity index (χ4v) is 5.55. The zero-order chi connectivity index (χ0) is 36.7. The van der Waals surface area contributed by atoms with Gasteiger partial charge in [-0.1, -0.05) is 82.7 Å². The molecule has 12 nitrogen and oxygen atoms in total. The summed E-state index contributed by atoms with van der Waals surface area (Å²) in [5.74, 6) is -3.48. The van der Waals surface area contributed by atoms with E-state index in [0.29, 0.717) is 24.3 Å². The number of phenols is 1. The molecule has 7 N–H and O–H groups in total. The number of amides is 3. The van der Waals surface area contributed by atoms with Crippen molar-refractivity contribution in [1.82, 2.24) is 21.1 Å². The van der Waals surface area contributed by atoms with Crippen LogP contribution in [-0.2, 0) is 25.6 Å². The van der Waals surface area contributed by atoms with E-state index in [1.807, 2.05) is 12.2 Å². The first kappa shape index (κ1) is 41.2. The Hall–Kier alpha value is -4.00. The van der Waals surface area contributed by atoms with Gasteiger partial charge in [-0.05, 0) is 62.1 Å². The SMILES string of the molecule is C/C(=C\C(C)C)CC/C=C/C=C/C(O)C(C)C(O)CC(=O)NC(C(=O)NC(Cc1cccc(O)c1)C(=O)N1CCCC(C(=O)O)N1)C(C)C. The summed E-state index contributed by atoms with van der Waals surface area (Å²) in [6.07, 6.45) is 9.38. The van der Waals surface area contributed by atoms with Crippen LogP contribution in [0.4, 0.5) is 0 Å². The van der Waals surface area contributed by atoms with Crippen LogP contribution in [0.25, 0.3) is 0 Å². The summed E-state index contributed by atoms with van der Waals surface area (Å²) in [4.78, 5) is 51.8. The van der Waals surface area contributed by atoms with Crippen LogP contribution in [0, 0.1) is 17.8 Å². The highest BCUT2D eigenvalue weighted by Gasteiger charge is 2.35. The topological polar surface area (TPSA) is 189 Å². The molecule has 1 aromatic carbocycles. The average Bonchev–Trinajstić information content (AvgIpc) is 3.03. The van der Waals surface area contributed by atoms with Gasteiger partial charge in [-0.15, -0.1) is 0 Å². The Kier molecular flexibility index (Phi) is 17.2. The Labute approximate surface area is 290 Å². The molecule has 272 valence electrons. The molecule has 0 aliphatic carbocycles. The number of benzene rings is 1. The number of hydrazine groups is 1. The van der Waals surface area contributed by atoms with Crippen molar-refractivity contribution in [2.75, 3.05) is 6.54 Å². The van der Waals surface area contributed by atoms with Crippen LogP contribution in [0.3, 0.4) is 0 Å². The molecule has 1 aliphatic rings. The maximum absolute atomic E-state index is 13.6. The Morgan fingerprint density at radius 3 is 2.41 bits per heavy atom. The lowest BCUT2D eigenvalue weighted by atomic mass is 9.94. The number of aliphatic carboxylic acids is 1. The largest absolute Gasteiger partial charge is 0.508 e. The number of aromatic hydroxyl groups is 1. The maximum Gasteiger partial charge on any atom is 0.322 e. The van der Waals surface area contributed by atoms with Crippen molar-refractivity contribution in [2.45, 2.75) is 110 Å². The predicted molar refractivity (Wildman–Crippen MR) is 188 cm³/mol. The second kappa shape index (κ2) is 20.5. The molecule has 2 rings (SSSR count). The van der Waals surface area contributed by atoms with E-state index in [1.165, 1.54) is 22.7 Å². The van der Waals surface area contributed by atoms with Gasteiger partial charge in [0.2, 0.25) is 11.8 Å². The van der Waals surface area contributed by atoms with E-state index in [1.54, 1.807) is 45.1 Å². The Balaban J connectivity index is 2.05. The third kappa shape index (κ3) is 14.6. The Bertz CT molecular complexity index is 1340. The standard InChI is InChI=1S/C37H56N4O8/c1-23(2)19-25(5)13-9-7-8-10-17-31(43)26(6)32(44)22-33(45)39-34(24(3)4)35(46)38-30(21-27-14-11-15-28(42)20-27)36(47)41-18-12-16-29(40-41)37(48)49/h7-8,10-11,14-15,17,19-20,23-24,26,29-32,34,40,42-44H,9,12-13,16,18,21-22H2,1-6H3,(H,38,46)(H,39,45)(H,48,49)/b8-7+,17-10+,25-19+. The van der Waals surface area contributed by atoms with Gasteiger partial charge in [0, 0.05) is 18.9 Å². The van der Waals surface area contributed by atoms with Crippen LogP contribution >= 0.6 is 0 Å². The number of aliphatic hydroxyl groups is 2. The Morgan fingerprint density at radius 1 is 1.06 bits per heavy atom. The fourth-order valence-electron chi connectivity index (χ4n) is 5.55. The molecular weight excluding hydrogens is 628 g/mol. The van der Waals surface area contributed by atoms with Crippen molar-refractivity contribution in [3.63, 3.8) is 0 Å². The molecule has 0 saturated carbocycles. The van der Waals surface area contributed by atoms with E-state index in [0.717, 1.165) is 12.8 Å². The van der Waals surface area contributed by atoms with Gasteiger partial charge in [0.15, 0.2) is 0 Å². The fraction of sp³-hybridized carbons (Fsp3) is 0.568. The summed E-state index contributed by atoms with van der Waals surface area (Å²) < 4.78 is 0. The van der Waals surface area contributed by atoms with Crippen LogP contribution in [-0.4, -0.2) is 86.0 Å². The predicted octanol–water partition coefficient (Wildman–Crippen LogP) is 3.38. The number of rotatable bonds is 18. The molecule has 0 aromatic heterocycles. The lowest BCUT2D eigenvalue weighted by Crippen LogP contribution is -2.62. The van der Waals surface area contributed by atoms with Crippen molar-refractivity contribution in [1.29, 1.82) is 0 Å². The third-order valence-corrected chi connectivity index (χ3v) is 8.40. The number of hydrogen-bond acceptors (Lipinski definition) is 8. The van der Waals surface area contributed by atoms with Crippen molar-refractivity contribution in [2.24, 2.45) is 17.8 Å². The van der Waals surface area contributed by atoms with Gasteiger partial charge < -0.3 is 31.1 Å². The third-order valence-electron chi connectivity index (χ3n) is 8.40. The average molecular weight is 685 g/mol. The summed E-state index contributed by atoms with van der Waals surface area (Å²) in [6.45, 7) is 11.7. The van der Waals surface area contributed by atoms with Crippen LogP contribution in [0.1, 0.15) is 79.2 Å². The van der Waals surface area contributed by atoms with Crippen molar-refractivity contribution in [3.05, 3.63) is 65.8 Å². The van der Waals surface area contributed by atoms with Gasteiger partial charge in [-0.3, -0.25) is 24.2 Å². The number of aliphatic hydroxyl groups excluding tert-OH is 2. The molecule has 0 radical (unpaired) electrons. The highest BCUT2D eigenvalue weighted by Crippen LogP contribution is 2.17. The molecule has 6 atom stereocenters. The summed E-state index contributed by atoms with van der Waals surface area (Å²) in [6, 6.07) is 3.07. The minimum Gasteiger partial charge on any atom is -0.508 e. The zero-order valence-electron chi connectivity index (χ0n) is 29.6. The quantitative estimate of drug-likeness (QED) is 0.0899. The number of carbonyl (C=O) groups is 4. The minimum absolute atomic E-state index is 0.000694. The summed E-state index contributed by atoms with van der Waals surface area (Å²) >= 11 is 0. The molecule has 0 bridgehead atoms. The highest BCUT2D eigenvalue weighted by molar-refractivity contribution is 5.92. The van der Waals surface area contributed by atoms with Gasteiger partial charge in [-0.2, -0.15) is 0 Å². The van der Waals surface area contributed by atoms with E-state index >= 15 is 0 Å². The van der Waals surface area contributed by atoms with Crippen molar-refractivity contribution >= 4 is 23.7 Å². The molecule has 1 saturated heterocycles. The summed E-state index contributed by atoms with van der Waals surface area (Å²) in [5.41, 5.74) is 4.60. The van der Waals surface area contributed by atoms with Gasteiger partial charge in [0.1, 0.15) is 23.9 Å². The van der Waals surface area contributed by atoms with Crippen LogP contribution in [0.2, 0.25) is 0 Å². The second-order valence-corrected chi connectivity index (χ2v) is 13.6. The first-order chi connectivity index (χ1) is 23.1. The van der Waals surface area contributed by atoms with Gasteiger partial charge in [0.25, 0.3) is 5.91 Å². The number of carboxylic acid groups (broad SMARTS) is 1. The number of allylic oxidation sites excluding steroid dienone is 5. The summed E-state index contributed by atoms with van der Waals surface area (Å²) in [5, 5.41) is 47.3. The van der Waals surface area contributed by atoms with E-state index in [2.05, 4.69) is 42.9 Å². The number of nitrogens with one attached hydrogen (secondary N) is 3. The number of hydrogen-bond donors (Lipinski definition) is 7. The monoisotopic (exact) mass is 684 g/mol. The van der Waals surface area contributed by atoms with E-state index in [4.69, 9.17) is 0 Å². The molecular formula is C37H56N4O8. The Morgan fingerprint density at radius 2 is 1.78 bits per heavy atom. The van der Waals surface area contributed by atoms with E-state index in [-0.39, 0.29) is 25.1 Å². The maximum atomic E-state index is 13.6. The lowest BCUT2D eigenvalue weighted by molar-refractivity contribution is -0.148. The normalized spacial score (nSPS) is 18.8. The van der Waals surface area contributed by atoms with E-state index in [9.17, 15) is 39.6 Å². The smallest absolute Gasteiger partial charge is 0.322 e. The van der Waals surface area contributed by atoms with Gasteiger partial charge >= 0.3 is 5.97 Å². The molecule has 0 spiro atoms. The lowest BCUT2D eigenvalue weighted by Gasteiger charge is -2.35. The molecule has 1 aliphatic heterocycles. The number of carbonyl (C=O) groups excluding carboxylic acids is 3. The first-order valence-corrected chi connectivity index (χ1v) is 17.1.